The van der Waals surface area contributed by atoms with E-state index in [1.807, 2.05) is 13.1 Å². The van der Waals surface area contributed by atoms with Gasteiger partial charge in [-0.3, -0.25) is 0 Å². The number of aryl methyl sites for hydroxylation is 2. The molecule has 104 valence electrons. The van der Waals surface area contributed by atoms with Gasteiger partial charge in [-0.25, -0.2) is 4.98 Å². The number of unbranched alkanes of at least 4 members (excludes halogenated alkanes) is 2. The second-order valence-corrected chi connectivity index (χ2v) is 4.53. The third kappa shape index (κ3) is 3.23. The number of pyridine rings is 1. The Bertz CT molecular complexity index is 570. The molecule has 2 rings (SSSR count). The fourth-order valence-electron chi connectivity index (χ4n) is 2.15. The number of anilines is 2. The van der Waals surface area contributed by atoms with E-state index in [-0.39, 0.29) is 18.4 Å². The highest BCUT2D eigenvalue weighted by Crippen LogP contribution is 2.24. The molecule has 0 bridgehead atoms. The summed E-state index contributed by atoms with van der Waals surface area (Å²) in [4.78, 5) is 12.4. The molecule has 0 atom stereocenters. The van der Waals surface area contributed by atoms with E-state index in [9.17, 15) is 0 Å². The molecule has 2 aromatic heterocycles. The highest BCUT2D eigenvalue weighted by molar-refractivity contribution is 5.89. The van der Waals surface area contributed by atoms with Crippen LogP contribution in [0, 0.1) is 6.92 Å². The van der Waals surface area contributed by atoms with Crippen LogP contribution in [0.3, 0.4) is 0 Å². The second-order valence-electron chi connectivity index (χ2n) is 4.53. The van der Waals surface area contributed by atoms with Crippen LogP contribution < -0.4 is 11.5 Å². The summed E-state index contributed by atoms with van der Waals surface area (Å²) in [6.07, 6.45) is 6.50. The van der Waals surface area contributed by atoms with Crippen molar-refractivity contribution in [2.24, 2.45) is 0 Å². The maximum atomic E-state index is 5.91. The molecule has 5 nitrogen and oxygen atoms in total. The minimum Gasteiger partial charge on any atom is -0.383 e. The Kier molecular flexibility index (Phi) is 5.30. The summed E-state index contributed by atoms with van der Waals surface area (Å²) in [6.45, 7) is 4.24. The predicted octanol–water partition coefficient (Wildman–Crippen LogP) is 2.65. The molecule has 0 saturated carbocycles. The van der Waals surface area contributed by atoms with Crippen LogP contribution in [0.15, 0.2) is 6.20 Å². The molecule has 0 aliphatic rings. The smallest absolute Gasteiger partial charge is 0.224 e. The standard InChI is InChI=1S/C13H19N5.ClH/c1-3-4-5-6-9-7-16-12-10(8(9)2)11(14)17-13(15)18-12;/h7H,3-6H2,1-2H3,(H4,14,15,16,17,18);1H. The summed E-state index contributed by atoms with van der Waals surface area (Å²) in [5, 5.41) is 0.832. The Morgan fingerprint density at radius 1 is 1.16 bits per heavy atom. The first-order valence-electron chi connectivity index (χ1n) is 6.30. The zero-order valence-corrected chi connectivity index (χ0v) is 12.1. The lowest BCUT2D eigenvalue weighted by atomic mass is 10.0. The van der Waals surface area contributed by atoms with E-state index < -0.39 is 0 Å². The van der Waals surface area contributed by atoms with E-state index in [1.165, 1.54) is 24.8 Å². The number of nitrogens with zero attached hydrogens (tertiary/aromatic N) is 3. The quantitative estimate of drug-likeness (QED) is 0.841. The molecule has 2 heterocycles. The van der Waals surface area contributed by atoms with E-state index in [2.05, 4.69) is 21.9 Å². The Labute approximate surface area is 119 Å². The van der Waals surface area contributed by atoms with Gasteiger partial charge < -0.3 is 11.5 Å². The first-order valence-corrected chi connectivity index (χ1v) is 6.30. The lowest BCUT2D eigenvalue weighted by molar-refractivity contribution is 0.714. The number of fused-ring (bicyclic) bond motifs is 1. The van der Waals surface area contributed by atoms with Crippen molar-refractivity contribution in [3.05, 3.63) is 17.3 Å². The zero-order chi connectivity index (χ0) is 13.1. The number of hydrogen-bond donors (Lipinski definition) is 2. The molecule has 0 radical (unpaired) electrons. The number of nitrogens with two attached hydrogens (primary N) is 2. The third-order valence-corrected chi connectivity index (χ3v) is 3.18. The van der Waals surface area contributed by atoms with Crippen molar-refractivity contribution in [1.29, 1.82) is 0 Å². The maximum absolute atomic E-state index is 5.91. The van der Waals surface area contributed by atoms with E-state index in [0.29, 0.717) is 11.5 Å². The van der Waals surface area contributed by atoms with Crippen LogP contribution in [-0.4, -0.2) is 15.0 Å². The van der Waals surface area contributed by atoms with Crippen LogP contribution in [0.5, 0.6) is 0 Å². The minimum absolute atomic E-state index is 0. The van der Waals surface area contributed by atoms with E-state index in [0.717, 1.165) is 17.4 Å². The maximum Gasteiger partial charge on any atom is 0.224 e. The Morgan fingerprint density at radius 3 is 2.58 bits per heavy atom. The predicted molar refractivity (Wildman–Crippen MR) is 81.4 cm³/mol. The van der Waals surface area contributed by atoms with E-state index >= 15 is 0 Å². The van der Waals surface area contributed by atoms with Crippen molar-refractivity contribution >= 4 is 35.2 Å². The number of hydrogen-bond acceptors (Lipinski definition) is 5. The number of rotatable bonds is 4. The van der Waals surface area contributed by atoms with Crippen molar-refractivity contribution in [3.63, 3.8) is 0 Å². The molecule has 2 aromatic rings. The molecule has 4 N–H and O–H groups in total. The van der Waals surface area contributed by atoms with Gasteiger partial charge >= 0.3 is 0 Å². The first-order chi connectivity index (χ1) is 8.63. The van der Waals surface area contributed by atoms with E-state index in [4.69, 9.17) is 11.5 Å². The third-order valence-electron chi connectivity index (χ3n) is 3.18. The Balaban J connectivity index is 0.00000180. The van der Waals surface area contributed by atoms with Crippen LogP contribution >= 0.6 is 12.4 Å². The molecule has 0 unspecified atom stereocenters. The summed E-state index contributed by atoms with van der Waals surface area (Å²) in [5.41, 5.74) is 14.4. The van der Waals surface area contributed by atoms with Crippen LogP contribution in [0.1, 0.15) is 37.3 Å². The van der Waals surface area contributed by atoms with Gasteiger partial charge in [0.05, 0.1) is 5.39 Å². The fourth-order valence-corrected chi connectivity index (χ4v) is 2.15. The average Bonchev–Trinajstić information content (AvgIpc) is 2.31. The molecule has 0 saturated heterocycles. The number of nitrogen functional groups attached to an aromatic ring is 2. The summed E-state index contributed by atoms with van der Waals surface area (Å²) >= 11 is 0. The molecule has 0 fully saturated rings. The molecule has 0 spiro atoms. The lowest BCUT2D eigenvalue weighted by Crippen LogP contribution is -2.04. The van der Waals surface area contributed by atoms with Gasteiger partial charge in [-0.1, -0.05) is 19.8 Å². The van der Waals surface area contributed by atoms with Gasteiger partial charge in [0.25, 0.3) is 0 Å². The van der Waals surface area contributed by atoms with Gasteiger partial charge in [-0.2, -0.15) is 9.97 Å². The van der Waals surface area contributed by atoms with Crippen molar-refractivity contribution in [1.82, 2.24) is 15.0 Å². The van der Waals surface area contributed by atoms with Gasteiger partial charge in [0.15, 0.2) is 5.65 Å². The van der Waals surface area contributed by atoms with Crippen LogP contribution in [0.4, 0.5) is 11.8 Å². The SMILES string of the molecule is CCCCCc1cnc2nc(N)nc(N)c2c1C.Cl. The molecule has 6 heteroatoms. The van der Waals surface area contributed by atoms with Crippen LogP contribution in [0.25, 0.3) is 11.0 Å². The highest BCUT2D eigenvalue weighted by Gasteiger charge is 2.10. The van der Waals surface area contributed by atoms with Gasteiger partial charge in [0, 0.05) is 6.20 Å². The Hall–Kier alpha value is -1.62. The number of halogens is 1. The molecular weight excluding hydrogens is 262 g/mol. The summed E-state index contributed by atoms with van der Waals surface area (Å²) in [7, 11) is 0. The normalized spacial score (nSPS) is 10.4. The summed E-state index contributed by atoms with van der Waals surface area (Å²) in [6, 6.07) is 0. The topological polar surface area (TPSA) is 90.7 Å². The highest BCUT2D eigenvalue weighted by atomic mass is 35.5. The van der Waals surface area contributed by atoms with Gasteiger partial charge in [0.2, 0.25) is 5.95 Å². The lowest BCUT2D eigenvalue weighted by Gasteiger charge is -2.09. The molecule has 0 amide bonds. The molecular formula is C13H20ClN5. The number of aromatic nitrogens is 3. The van der Waals surface area contributed by atoms with Gasteiger partial charge in [-0.05, 0) is 30.9 Å². The monoisotopic (exact) mass is 281 g/mol. The van der Waals surface area contributed by atoms with Crippen molar-refractivity contribution in [2.75, 3.05) is 11.5 Å². The fraction of sp³-hybridized carbons (Fsp3) is 0.462. The van der Waals surface area contributed by atoms with Crippen LogP contribution in [-0.2, 0) is 6.42 Å². The molecule has 0 aliphatic heterocycles. The zero-order valence-electron chi connectivity index (χ0n) is 11.3. The summed E-state index contributed by atoms with van der Waals surface area (Å²) in [5.74, 6) is 0.588. The summed E-state index contributed by atoms with van der Waals surface area (Å²) < 4.78 is 0. The van der Waals surface area contributed by atoms with Crippen molar-refractivity contribution in [2.45, 2.75) is 39.5 Å². The van der Waals surface area contributed by atoms with Crippen molar-refractivity contribution in [3.8, 4) is 0 Å². The second kappa shape index (κ2) is 6.52. The average molecular weight is 282 g/mol. The van der Waals surface area contributed by atoms with Crippen molar-refractivity contribution < 1.29 is 0 Å². The molecule has 0 aromatic carbocycles. The molecule has 19 heavy (non-hydrogen) atoms. The van der Waals surface area contributed by atoms with Gasteiger partial charge in [-0.15, -0.1) is 12.4 Å². The largest absolute Gasteiger partial charge is 0.383 e. The minimum atomic E-state index is 0. The van der Waals surface area contributed by atoms with Crippen LogP contribution in [0.2, 0.25) is 0 Å². The van der Waals surface area contributed by atoms with Gasteiger partial charge in [0.1, 0.15) is 5.82 Å². The molecule has 0 aliphatic carbocycles. The first kappa shape index (κ1) is 15.4. The van der Waals surface area contributed by atoms with E-state index in [1.54, 1.807) is 0 Å². The Morgan fingerprint density at radius 2 is 1.89 bits per heavy atom.